The summed E-state index contributed by atoms with van der Waals surface area (Å²) in [7, 11) is -2.86. The molecule has 1 rings (SSSR count). The number of rotatable bonds is 7. The van der Waals surface area contributed by atoms with Crippen LogP contribution in [0.4, 0.5) is 0 Å². The van der Waals surface area contributed by atoms with Crippen molar-refractivity contribution in [1.29, 1.82) is 0 Å². The maximum Gasteiger partial charge on any atom is 0.151 e. The van der Waals surface area contributed by atoms with Crippen molar-refractivity contribution in [2.75, 3.05) is 18.1 Å². The predicted octanol–water partition coefficient (Wildman–Crippen LogP) is 2.37. The number of sulfone groups is 1. The van der Waals surface area contributed by atoms with E-state index in [4.69, 9.17) is 0 Å². The molecule has 1 saturated carbocycles. The van der Waals surface area contributed by atoms with Crippen molar-refractivity contribution < 1.29 is 8.42 Å². The molecule has 1 aliphatic rings. The van der Waals surface area contributed by atoms with Gasteiger partial charge in [0.15, 0.2) is 9.84 Å². The van der Waals surface area contributed by atoms with Crippen LogP contribution in [0.5, 0.6) is 0 Å². The van der Waals surface area contributed by atoms with Crippen LogP contribution in [0.1, 0.15) is 52.4 Å². The predicted molar refractivity (Wildman–Crippen MR) is 73.0 cm³/mol. The minimum absolute atomic E-state index is 0.178. The van der Waals surface area contributed by atoms with Gasteiger partial charge in [-0.15, -0.1) is 0 Å². The molecule has 0 spiro atoms. The van der Waals surface area contributed by atoms with Crippen LogP contribution < -0.4 is 5.32 Å². The van der Waals surface area contributed by atoms with Crippen LogP contribution >= 0.6 is 0 Å². The van der Waals surface area contributed by atoms with Crippen molar-refractivity contribution in [1.82, 2.24) is 5.32 Å². The Morgan fingerprint density at radius 2 is 1.82 bits per heavy atom. The Bertz CT molecular complexity index is 295. The van der Waals surface area contributed by atoms with Crippen LogP contribution in [-0.2, 0) is 9.84 Å². The van der Waals surface area contributed by atoms with Gasteiger partial charge in [0, 0.05) is 11.8 Å². The van der Waals surface area contributed by atoms with Gasteiger partial charge in [0.2, 0.25) is 0 Å². The summed E-state index contributed by atoms with van der Waals surface area (Å²) < 4.78 is 23.8. The van der Waals surface area contributed by atoms with E-state index in [1.807, 2.05) is 6.92 Å². The van der Waals surface area contributed by atoms with Crippen molar-refractivity contribution in [3.05, 3.63) is 0 Å². The largest absolute Gasteiger partial charge is 0.313 e. The number of hydrogen-bond donors (Lipinski definition) is 1. The highest BCUT2D eigenvalue weighted by atomic mass is 32.2. The third kappa shape index (κ3) is 5.38. The third-order valence-corrected chi connectivity index (χ3v) is 5.53. The first-order valence-electron chi connectivity index (χ1n) is 7.03. The molecule has 3 nitrogen and oxygen atoms in total. The van der Waals surface area contributed by atoms with E-state index in [2.05, 4.69) is 12.2 Å². The molecule has 1 unspecified atom stereocenters. The van der Waals surface area contributed by atoms with Crippen LogP contribution in [0.3, 0.4) is 0 Å². The second kappa shape index (κ2) is 7.37. The van der Waals surface area contributed by atoms with E-state index < -0.39 is 9.84 Å². The highest BCUT2D eigenvalue weighted by Crippen LogP contribution is 2.27. The molecule has 0 aliphatic heterocycles. The van der Waals surface area contributed by atoms with Gasteiger partial charge in [0.25, 0.3) is 0 Å². The minimum atomic E-state index is -2.86. The normalized spacial score (nSPS) is 20.4. The molecule has 0 saturated heterocycles. The summed E-state index contributed by atoms with van der Waals surface area (Å²) in [6, 6.07) is 0.178. The summed E-state index contributed by atoms with van der Waals surface area (Å²) in [6.45, 7) is 4.85. The van der Waals surface area contributed by atoms with Gasteiger partial charge in [-0.2, -0.15) is 0 Å². The van der Waals surface area contributed by atoms with Crippen LogP contribution in [-0.4, -0.2) is 32.5 Å². The quantitative estimate of drug-likeness (QED) is 0.765. The Labute approximate surface area is 106 Å². The van der Waals surface area contributed by atoms with Crippen molar-refractivity contribution in [3.63, 3.8) is 0 Å². The average Bonchev–Trinajstić information content (AvgIpc) is 2.29. The van der Waals surface area contributed by atoms with E-state index in [1.165, 1.54) is 32.1 Å². The zero-order chi connectivity index (χ0) is 12.7. The van der Waals surface area contributed by atoms with Crippen molar-refractivity contribution in [3.8, 4) is 0 Å². The Morgan fingerprint density at radius 1 is 1.18 bits per heavy atom. The molecular weight excluding hydrogens is 234 g/mol. The topological polar surface area (TPSA) is 46.2 Å². The number of hydrogen-bond acceptors (Lipinski definition) is 3. The van der Waals surface area contributed by atoms with Gasteiger partial charge in [-0.1, -0.05) is 33.1 Å². The molecule has 0 heterocycles. The number of nitrogens with one attached hydrogen (secondary N) is 1. The first-order valence-corrected chi connectivity index (χ1v) is 8.85. The molecule has 1 atom stereocenters. The fourth-order valence-corrected chi connectivity index (χ4v) is 4.55. The van der Waals surface area contributed by atoms with Crippen molar-refractivity contribution in [2.24, 2.45) is 5.92 Å². The van der Waals surface area contributed by atoms with Gasteiger partial charge in [-0.25, -0.2) is 8.42 Å². The first kappa shape index (κ1) is 15.0. The summed E-state index contributed by atoms with van der Waals surface area (Å²) in [5, 5.41) is 3.39. The van der Waals surface area contributed by atoms with Gasteiger partial charge in [-0.3, -0.25) is 0 Å². The zero-order valence-corrected chi connectivity index (χ0v) is 12.1. The van der Waals surface area contributed by atoms with E-state index in [-0.39, 0.29) is 6.04 Å². The molecule has 1 N–H and O–H groups in total. The summed E-state index contributed by atoms with van der Waals surface area (Å²) in [5.41, 5.74) is 0. The molecule has 102 valence electrons. The van der Waals surface area contributed by atoms with E-state index >= 15 is 0 Å². The molecule has 0 amide bonds. The van der Waals surface area contributed by atoms with Gasteiger partial charge in [-0.05, 0) is 31.7 Å². The monoisotopic (exact) mass is 261 g/mol. The second-order valence-electron chi connectivity index (χ2n) is 5.18. The first-order chi connectivity index (χ1) is 8.09. The lowest BCUT2D eigenvalue weighted by Crippen LogP contribution is -2.42. The summed E-state index contributed by atoms with van der Waals surface area (Å²) in [6.07, 6.45) is 6.96. The molecule has 0 aromatic heterocycles. The van der Waals surface area contributed by atoms with Crippen LogP contribution in [0.25, 0.3) is 0 Å². The van der Waals surface area contributed by atoms with E-state index in [1.54, 1.807) is 0 Å². The standard InChI is InChI=1S/C13H27NO2S/c1-3-10-17(15,16)11-13(14-4-2)12-8-6-5-7-9-12/h12-14H,3-11H2,1-2H3. The molecule has 0 aromatic rings. The summed E-state index contributed by atoms with van der Waals surface area (Å²) >= 11 is 0. The Kier molecular flexibility index (Phi) is 6.49. The molecule has 1 fully saturated rings. The Morgan fingerprint density at radius 3 is 2.35 bits per heavy atom. The highest BCUT2D eigenvalue weighted by Gasteiger charge is 2.27. The fourth-order valence-electron chi connectivity index (χ4n) is 2.83. The molecule has 0 radical (unpaired) electrons. The molecule has 0 bridgehead atoms. The van der Waals surface area contributed by atoms with Crippen molar-refractivity contribution >= 4 is 9.84 Å². The van der Waals surface area contributed by atoms with E-state index in [0.717, 1.165) is 13.0 Å². The smallest absolute Gasteiger partial charge is 0.151 e. The van der Waals surface area contributed by atoms with Gasteiger partial charge in [0.1, 0.15) is 0 Å². The lowest BCUT2D eigenvalue weighted by atomic mass is 9.84. The highest BCUT2D eigenvalue weighted by molar-refractivity contribution is 7.91. The lowest BCUT2D eigenvalue weighted by Gasteiger charge is -2.30. The van der Waals surface area contributed by atoms with Gasteiger partial charge in [0.05, 0.1) is 5.75 Å². The van der Waals surface area contributed by atoms with E-state index in [9.17, 15) is 8.42 Å². The zero-order valence-electron chi connectivity index (χ0n) is 11.2. The van der Waals surface area contributed by atoms with Gasteiger partial charge < -0.3 is 5.32 Å². The van der Waals surface area contributed by atoms with Crippen LogP contribution in [0.15, 0.2) is 0 Å². The van der Waals surface area contributed by atoms with Crippen molar-refractivity contribution in [2.45, 2.75) is 58.4 Å². The SMILES string of the molecule is CCCS(=O)(=O)CC(NCC)C1CCCCC1. The van der Waals surface area contributed by atoms with E-state index in [0.29, 0.717) is 17.4 Å². The Hall–Kier alpha value is -0.0900. The minimum Gasteiger partial charge on any atom is -0.313 e. The third-order valence-electron chi connectivity index (χ3n) is 3.63. The lowest BCUT2D eigenvalue weighted by molar-refractivity contribution is 0.285. The van der Waals surface area contributed by atoms with Gasteiger partial charge >= 0.3 is 0 Å². The molecular formula is C13H27NO2S. The Balaban J connectivity index is 2.58. The maximum absolute atomic E-state index is 11.9. The summed E-state index contributed by atoms with van der Waals surface area (Å²) in [4.78, 5) is 0. The second-order valence-corrected chi connectivity index (χ2v) is 7.41. The molecule has 1 aliphatic carbocycles. The fraction of sp³-hybridized carbons (Fsp3) is 1.00. The maximum atomic E-state index is 11.9. The van der Waals surface area contributed by atoms with Crippen LogP contribution in [0.2, 0.25) is 0 Å². The average molecular weight is 261 g/mol. The summed E-state index contributed by atoms with van der Waals surface area (Å²) in [5.74, 6) is 1.23. The molecule has 17 heavy (non-hydrogen) atoms. The van der Waals surface area contributed by atoms with Crippen LogP contribution in [0, 0.1) is 5.92 Å². The molecule has 4 heteroatoms. The molecule has 0 aromatic carbocycles.